The van der Waals surface area contributed by atoms with Crippen LogP contribution in [0.1, 0.15) is 154 Å². The van der Waals surface area contributed by atoms with E-state index in [0.717, 1.165) is 32.4 Å². The van der Waals surface area contributed by atoms with E-state index < -0.39 is 0 Å². The van der Waals surface area contributed by atoms with E-state index in [1.807, 2.05) is 55.4 Å². The Kier molecular flexibility index (Phi) is 33.6. The lowest BCUT2D eigenvalue weighted by atomic mass is 9.79. The second kappa shape index (κ2) is 28.2. The molecule has 0 N–H and O–H groups in total. The van der Waals surface area contributed by atoms with Gasteiger partial charge in [0.25, 0.3) is 0 Å². The molecule has 0 amide bonds. The molecule has 2 rings (SSSR count). The fourth-order valence-electron chi connectivity index (χ4n) is 4.91. The fraction of sp³-hybridized carbons (Fsp3) is 0.969. The Morgan fingerprint density at radius 1 is 0.686 bits per heavy atom. The average molecular weight is 501 g/mol. The van der Waals surface area contributed by atoms with Crippen molar-refractivity contribution in [1.82, 2.24) is 9.80 Å². The first kappa shape index (κ1) is 41.7. The van der Waals surface area contributed by atoms with Crippen LogP contribution in [0, 0.1) is 10.8 Å². The Balaban J connectivity index is -0.000000214. The van der Waals surface area contributed by atoms with Gasteiger partial charge in [-0.2, -0.15) is 0 Å². The van der Waals surface area contributed by atoms with Crippen LogP contribution in [0.2, 0.25) is 0 Å². The summed E-state index contributed by atoms with van der Waals surface area (Å²) in [4.78, 5) is 16.8. The van der Waals surface area contributed by atoms with Gasteiger partial charge in [0, 0.05) is 24.9 Å². The van der Waals surface area contributed by atoms with Gasteiger partial charge in [-0.25, -0.2) is 0 Å². The second-order valence-corrected chi connectivity index (χ2v) is 10.0. The topological polar surface area (TPSA) is 23.6 Å². The fourth-order valence-corrected chi connectivity index (χ4v) is 4.91. The number of Topliss-reactive ketones (excluding diaryl/α,β-unsaturated/α-hetero) is 1. The van der Waals surface area contributed by atoms with Crippen LogP contribution in [0.25, 0.3) is 0 Å². The van der Waals surface area contributed by atoms with E-state index >= 15 is 0 Å². The molecule has 0 aromatic carbocycles. The lowest BCUT2D eigenvalue weighted by Gasteiger charge is -2.31. The summed E-state index contributed by atoms with van der Waals surface area (Å²) in [6.45, 7) is 29.8. The molecule has 2 saturated heterocycles. The summed E-state index contributed by atoms with van der Waals surface area (Å²) in [5.74, 6) is 0.482. The van der Waals surface area contributed by atoms with Crippen LogP contribution in [0.4, 0.5) is 0 Å². The van der Waals surface area contributed by atoms with Gasteiger partial charge in [0.1, 0.15) is 5.78 Å². The van der Waals surface area contributed by atoms with Crippen LogP contribution < -0.4 is 0 Å². The molecule has 2 atom stereocenters. The number of carbonyl (C=O) groups is 1. The van der Waals surface area contributed by atoms with Gasteiger partial charge in [0.15, 0.2) is 0 Å². The molecule has 0 saturated carbocycles. The van der Waals surface area contributed by atoms with E-state index in [1.165, 1.54) is 64.5 Å². The summed E-state index contributed by atoms with van der Waals surface area (Å²) in [5, 5.41) is 0. The summed E-state index contributed by atoms with van der Waals surface area (Å²) in [6.07, 6.45) is 13.7. The van der Waals surface area contributed by atoms with Crippen molar-refractivity contribution in [2.45, 2.75) is 154 Å². The third-order valence-electron chi connectivity index (χ3n) is 6.67. The highest BCUT2D eigenvalue weighted by atomic mass is 16.1. The Bertz CT molecular complexity index is 426. The molecule has 0 radical (unpaired) electrons. The van der Waals surface area contributed by atoms with Crippen molar-refractivity contribution in [2.24, 2.45) is 10.8 Å². The maximum Gasteiger partial charge on any atom is 0.140 e. The molecule has 3 nitrogen and oxygen atoms in total. The van der Waals surface area contributed by atoms with E-state index in [0.29, 0.717) is 11.2 Å². The van der Waals surface area contributed by atoms with E-state index in [2.05, 4.69) is 51.6 Å². The van der Waals surface area contributed by atoms with E-state index in [-0.39, 0.29) is 5.41 Å². The Hall–Kier alpha value is -0.410. The molecule has 35 heavy (non-hydrogen) atoms. The minimum Gasteiger partial charge on any atom is -0.306 e. The molecular weight excluding hydrogens is 428 g/mol. The Labute approximate surface area is 225 Å². The smallest absolute Gasteiger partial charge is 0.140 e. The number of likely N-dealkylation sites (tertiary alicyclic amines) is 2. The average Bonchev–Trinajstić information content (AvgIpc) is 3.14. The summed E-state index contributed by atoms with van der Waals surface area (Å²) in [7, 11) is 4.40. The maximum atomic E-state index is 12.0. The van der Waals surface area contributed by atoms with Crippen molar-refractivity contribution >= 4 is 5.78 Å². The largest absolute Gasteiger partial charge is 0.306 e. The van der Waals surface area contributed by atoms with Gasteiger partial charge in [0.05, 0.1) is 0 Å². The molecule has 2 heterocycles. The first-order chi connectivity index (χ1) is 16.7. The third kappa shape index (κ3) is 21.4. The molecule has 0 aromatic heterocycles. The molecule has 216 valence electrons. The molecule has 0 bridgehead atoms. The van der Waals surface area contributed by atoms with Crippen molar-refractivity contribution in [3.8, 4) is 0 Å². The molecule has 0 aromatic rings. The summed E-state index contributed by atoms with van der Waals surface area (Å²) >= 11 is 0. The van der Waals surface area contributed by atoms with Gasteiger partial charge in [-0.1, -0.05) is 115 Å². The number of carbonyl (C=O) groups excluding carboxylic acids is 1. The van der Waals surface area contributed by atoms with Crippen LogP contribution in [-0.4, -0.2) is 55.9 Å². The zero-order chi connectivity index (χ0) is 28.3. The zero-order valence-corrected chi connectivity index (χ0v) is 27.4. The van der Waals surface area contributed by atoms with E-state index in [9.17, 15) is 4.79 Å². The monoisotopic (exact) mass is 501 g/mol. The Morgan fingerprint density at radius 2 is 1.14 bits per heavy atom. The Morgan fingerprint density at radius 3 is 1.66 bits per heavy atom. The number of hydrogen-bond donors (Lipinski definition) is 0. The third-order valence-corrected chi connectivity index (χ3v) is 6.67. The van der Waals surface area contributed by atoms with Gasteiger partial charge in [0.2, 0.25) is 0 Å². The molecule has 2 aliphatic heterocycles. The van der Waals surface area contributed by atoms with Crippen LogP contribution >= 0.6 is 0 Å². The SMILES string of the molecule is CC.CC.CC.CC.CCCCC1(C)CCCCN(C)C1.CCCCC1(C)CN(C)CCCC1=O. The minimum absolute atomic E-state index is 0.0682. The second-order valence-electron chi connectivity index (χ2n) is 10.0. The predicted molar refractivity (Wildman–Crippen MR) is 164 cm³/mol. The lowest BCUT2D eigenvalue weighted by molar-refractivity contribution is -0.128. The quantitative estimate of drug-likeness (QED) is 0.362. The maximum absolute atomic E-state index is 12.0. The molecule has 0 aliphatic carbocycles. The van der Waals surface area contributed by atoms with Crippen LogP contribution in [0.3, 0.4) is 0 Å². The highest BCUT2D eigenvalue weighted by molar-refractivity contribution is 5.84. The van der Waals surface area contributed by atoms with Crippen molar-refractivity contribution < 1.29 is 4.79 Å². The van der Waals surface area contributed by atoms with Crippen molar-refractivity contribution in [2.75, 3.05) is 40.3 Å². The van der Waals surface area contributed by atoms with E-state index in [4.69, 9.17) is 0 Å². The predicted octanol–water partition coefficient (Wildman–Crippen LogP) is 9.88. The van der Waals surface area contributed by atoms with Crippen molar-refractivity contribution in [1.29, 1.82) is 0 Å². The number of rotatable bonds is 6. The molecule has 0 spiro atoms. The number of ketones is 1. The molecular formula is C32H72N2O. The first-order valence-corrected chi connectivity index (χ1v) is 15.6. The van der Waals surface area contributed by atoms with Gasteiger partial charge in [-0.05, 0) is 64.7 Å². The molecule has 2 aliphatic rings. The summed E-state index contributed by atoms with van der Waals surface area (Å²) < 4.78 is 0. The number of unbranched alkanes of at least 4 members (excludes halogenated alkanes) is 2. The van der Waals surface area contributed by atoms with Gasteiger partial charge < -0.3 is 9.80 Å². The lowest BCUT2D eigenvalue weighted by Crippen LogP contribution is -2.36. The molecule has 2 fully saturated rings. The normalized spacial score (nSPS) is 24.6. The first-order valence-electron chi connectivity index (χ1n) is 15.6. The van der Waals surface area contributed by atoms with Crippen molar-refractivity contribution in [3.05, 3.63) is 0 Å². The minimum atomic E-state index is -0.0682. The van der Waals surface area contributed by atoms with Crippen molar-refractivity contribution in [3.63, 3.8) is 0 Å². The van der Waals surface area contributed by atoms with Gasteiger partial charge in [-0.3, -0.25) is 4.79 Å². The standard InChI is InChI=1S/C12H23NO.C12H25N.4C2H6/c1-4-5-8-12(2)10-13(3)9-6-7-11(12)14;1-4-5-8-12(2)9-6-7-10-13(3)11-12;4*1-2/h4-10H2,1-3H3;4-11H2,1-3H3;4*1-2H3. The molecule has 3 heteroatoms. The van der Waals surface area contributed by atoms with Gasteiger partial charge >= 0.3 is 0 Å². The van der Waals surface area contributed by atoms with E-state index in [1.54, 1.807) is 0 Å². The summed E-state index contributed by atoms with van der Waals surface area (Å²) in [5.41, 5.74) is 0.544. The van der Waals surface area contributed by atoms with Gasteiger partial charge in [-0.15, -0.1) is 0 Å². The number of nitrogens with zero attached hydrogens (tertiary/aromatic N) is 2. The highest BCUT2D eigenvalue weighted by Crippen LogP contribution is 2.33. The van der Waals surface area contributed by atoms with Crippen LogP contribution in [0.15, 0.2) is 0 Å². The zero-order valence-electron chi connectivity index (χ0n) is 27.4. The summed E-state index contributed by atoms with van der Waals surface area (Å²) in [6, 6.07) is 0. The van der Waals surface area contributed by atoms with Crippen LogP contribution in [-0.2, 0) is 4.79 Å². The van der Waals surface area contributed by atoms with Crippen LogP contribution in [0.5, 0.6) is 0 Å². The molecule has 2 unspecified atom stereocenters. The highest BCUT2D eigenvalue weighted by Gasteiger charge is 2.34. The number of hydrogen-bond acceptors (Lipinski definition) is 3.